The molecule has 0 aliphatic carbocycles. The monoisotopic (exact) mass is 215 g/mol. The highest BCUT2D eigenvalue weighted by molar-refractivity contribution is 4.78. The van der Waals surface area contributed by atoms with E-state index < -0.39 is 0 Å². The second kappa shape index (κ2) is 5.83. The summed E-state index contributed by atoms with van der Waals surface area (Å²) in [5.74, 6) is 0.643. The highest BCUT2D eigenvalue weighted by Crippen LogP contribution is 2.21. The Labute approximate surface area is 93.2 Å². The fourth-order valence-electron chi connectivity index (χ4n) is 1.90. The van der Waals surface area contributed by atoms with Crippen LogP contribution in [0, 0.1) is 11.3 Å². The number of aliphatic hydroxyl groups excluding tert-OH is 1. The van der Waals surface area contributed by atoms with Crippen molar-refractivity contribution in [3.63, 3.8) is 0 Å². The van der Waals surface area contributed by atoms with Crippen molar-refractivity contribution < 1.29 is 9.84 Å². The van der Waals surface area contributed by atoms with Crippen molar-refractivity contribution in [3.8, 4) is 0 Å². The first-order valence-corrected chi connectivity index (χ1v) is 6.04. The van der Waals surface area contributed by atoms with Gasteiger partial charge in [-0.2, -0.15) is 0 Å². The van der Waals surface area contributed by atoms with Crippen LogP contribution in [0.15, 0.2) is 0 Å². The lowest BCUT2D eigenvalue weighted by atomic mass is 9.88. The molecular weight excluding hydrogens is 190 g/mol. The minimum absolute atomic E-state index is 0.0305. The van der Waals surface area contributed by atoms with E-state index in [0.29, 0.717) is 12.0 Å². The van der Waals surface area contributed by atoms with E-state index in [2.05, 4.69) is 26.1 Å². The van der Waals surface area contributed by atoms with Crippen molar-refractivity contribution in [1.82, 2.24) is 5.32 Å². The van der Waals surface area contributed by atoms with Crippen molar-refractivity contribution in [3.05, 3.63) is 0 Å². The van der Waals surface area contributed by atoms with Crippen LogP contribution >= 0.6 is 0 Å². The van der Waals surface area contributed by atoms with Crippen molar-refractivity contribution >= 4 is 0 Å². The van der Waals surface area contributed by atoms with Crippen molar-refractivity contribution in [2.24, 2.45) is 11.3 Å². The number of hydrogen-bond acceptors (Lipinski definition) is 3. The molecule has 0 aromatic carbocycles. The topological polar surface area (TPSA) is 41.5 Å². The number of rotatable bonds is 6. The smallest absolute Gasteiger partial charge is 0.0588 e. The van der Waals surface area contributed by atoms with Gasteiger partial charge in [0.05, 0.1) is 6.10 Å². The van der Waals surface area contributed by atoms with E-state index in [9.17, 15) is 5.11 Å². The SMILES string of the molecule is CCC(C)(CO)CNCC1CCOC1C. The molecule has 0 aromatic heterocycles. The Balaban J connectivity index is 2.20. The zero-order chi connectivity index (χ0) is 11.3. The van der Waals surface area contributed by atoms with E-state index in [1.54, 1.807) is 0 Å². The van der Waals surface area contributed by atoms with Crippen molar-refractivity contribution in [1.29, 1.82) is 0 Å². The summed E-state index contributed by atoms with van der Waals surface area (Å²) in [6, 6.07) is 0. The lowest BCUT2D eigenvalue weighted by molar-refractivity contribution is 0.101. The van der Waals surface area contributed by atoms with Gasteiger partial charge in [0.2, 0.25) is 0 Å². The molecule has 90 valence electrons. The summed E-state index contributed by atoms with van der Waals surface area (Å²) in [4.78, 5) is 0. The minimum atomic E-state index is 0.0305. The van der Waals surface area contributed by atoms with E-state index >= 15 is 0 Å². The van der Waals surface area contributed by atoms with Crippen molar-refractivity contribution in [2.75, 3.05) is 26.3 Å². The summed E-state index contributed by atoms with van der Waals surface area (Å²) in [5, 5.41) is 12.7. The molecule has 1 heterocycles. The van der Waals surface area contributed by atoms with Gasteiger partial charge >= 0.3 is 0 Å². The Morgan fingerprint density at radius 1 is 1.53 bits per heavy atom. The van der Waals surface area contributed by atoms with Gasteiger partial charge in [0.25, 0.3) is 0 Å². The zero-order valence-electron chi connectivity index (χ0n) is 10.3. The van der Waals surface area contributed by atoms with Crippen LogP contribution in [-0.4, -0.2) is 37.5 Å². The number of hydrogen-bond donors (Lipinski definition) is 2. The summed E-state index contributed by atoms with van der Waals surface area (Å²) in [5.41, 5.74) is 0.0305. The number of nitrogens with one attached hydrogen (secondary N) is 1. The van der Waals surface area contributed by atoms with Crippen LogP contribution in [0.3, 0.4) is 0 Å². The molecule has 1 saturated heterocycles. The molecule has 0 radical (unpaired) electrons. The Kier molecular flexibility index (Phi) is 5.03. The zero-order valence-corrected chi connectivity index (χ0v) is 10.3. The Bertz CT molecular complexity index is 180. The van der Waals surface area contributed by atoms with E-state index in [1.165, 1.54) is 0 Å². The van der Waals surface area contributed by atoms with E-state index in [-0.39, 0.29) is 12.0 Å². The highest BCUT2D eigenvalue weighted by Gasteiger charge is 2.25. The predicted octanol–water partition coefficient (Wildman–Crippen LogP) is 1.41. The molecule has 0 spiro atoms. The standard InChI is InChI=1S/C12H25NO2/c1-4-12(3,9-14)8-13-7-11-5-6-15-10(11)2/h10-11,13-14H,4-9H2,1-3H3. The van der Waals surface area contributed by atoms with Crippen LogP contribution in [0.4, 0.5) is 0 Å². The first-order chi connectivity index (χ1) is 7.11. The normalized spacial score (nSPS) is 30.4. The Hall–Kier alpha value is -0.120. The van der Waals surface area contributed by atoms with E-state index in [1.807, 2.05) is 0 Å². The second-order valence-electron chi connectivity index (χ2n) is 5.08. The third-order valence-corrected chi connectivity index (χ3v) is 3.73. The maximum absolute atomic E-state index is 9.26. The third-order valence-electron chi connectivity index (χ3n) is 3.73. The van der Waals surface area contributed by atoms with Crippen LogP contribution in [0.5, 0.6) is 0 Å². The van der Waals surface area contributed by atoms with Gasteiger partial charge in [-0.25, -0.2) is 0 Å². The summed E-state index contributed by atoms with van der Waals surface area (Å²) in [6.45, 7) is 9.45. The maximum atomic E-state index is 9.26. The molecule has 3 atom stereocenters. The summed E-state index contributed by atoms with van der Waals surface area (Å²) in [6.07, 6.45) is 2.56. The lowest BCUT2D eigenvalue weighted by Crippen LogP contribution is -2.37. The molecule has 0 saturated carbocycles. The molecule has 0 bridgehead atoms. The average Bonchev–Trinajstić information content (AvgIpc) is 2.64. The van der Waals surface area contributed by atoms with Gasteiger partial charge in [-0.15, -0.1) is 0 Å². The molecular formula is C12H25NO2. The highest BCUT2D eigenvalue weighted by atomic mass is 16.5. The fourth-order valence-corrected chi connectivity index (χ4v) is 1.90. The maximum Gasteiger partial charge on any atom is 0.0588 e. The van der Waals surface area contributed by atoms with Crippen LogP contribution in [-0.2, 0) is 4.74 Å². The molecule has 1 aliphatic heterocycles. The van der Waals surface area contributed by atoms with Gasteiger partial charge in [0.1, 0.15) is 0 Å². The molecule has 3 unspecified atom stereocenters. The molecule has 3 heteroatoms. The van der Waals surface area contributed by atoms with Crippen LogP contribution in [0.1, 0.15) is 33.6 Å². The average molecular weight is 215 g/mol. The summed E-state index contributed by atoms with van der Waals surface area (Å²) < 4.78 is 5.51. The largest absolute Gasteiger partial charge is 0.396 e. The third kappa shape index (κ3) is 3.74. The summed E-state index contributed by atoms with van der Waals surface area (Å²) >= 11 is 0. The predicted molar refractivity (Wildman–Crippen MR) is 61.9 cm³/mol. The summed E-state index contributed by atoms with van der Waals surface area (Å²) in [7, 11) is 0. The first kappa shape index (κ1) is 12.9. The Morgan fingerprint density at radius 3 is 2.73 bits per heavy atom. The molecule has 2 N–H and O–H groups in total. The molecule has 3 nitrogen and oxygen atoms in total. The van der Waals surface area contributed by atoms with Crippen molar-refractivity contribution in [2.45, 2.75) is 39.7 Å². The Morgan fingerprint density at radius 2 is 2.27 bits per heavy atom. The fraction of sp³-hybridized carbons (Fsp3) is 1.00. The van der Waals surface area contributed by atoms with E-state index in [0.717, 1.165) is 32.5 Å². The molecule has 0 aromatic rings. The van der Waals surface area contributed by atoms with Gasteiger partial charge < -0.3 is 15.2 Å². The minimum Gasteiger partial charge on any atom is -0.396 e. The van der Waals surface area contributed by atoms with Crippen LogP contribution in [0.2, 0.25) is 0 Å². The number of aliphatic hydroxyl groups is 1. The lowest BCUT2D eigenvalue weighted by Gasteiger charge is -2.27. The molecule has 15 heavy (non-hydrogen) atoms. The first-order valence-electron chi connectivity index (χ1n) is 6.04. The molecule has 1 aliphatic rings. The van der Waals surface area contributed by atoms with Gasteiger partial charge in [-0.3, -0.25) is 0 Å². The number of ether oxygens (including phenoxy) is 1. The molecule has 1 fully saturated rings. The van der Waals surface area contributed by atoms with Gasteiger partial charge in [-0.1, -0.05) is 13.8 Å². The van der Waals surface area contributed by atoms with Gasteiger partial charge in [0.15, 0.2) is 0 Å². The van der Waals surface area contributed by atoms with Gasteiger partial charge in [0, 0.05) is 31.7 Å². The molecule has 1 rings (SSSR count). The van der Waals surface area contributed by atoms with Crippen LogP contribution < -0.4 is 5.32 Å². The van der Waals surface area contributed by atoms with Gasteiger partial charge in [-0.05, 0) is 25.7 Å². The van der Waals surface area contributed by atoms with Crippen LogP contribution in [0.25, 0.3) is 0 Å². The second-order valence-corrected chi connectivity index (χ2v) is 5.08. The quantitative estimate of drug-likeness (QED) is 0.704. The molecule has 0 amide bonds. The van der Waals surface area contributed by atoms with E-state index in [4.69, 9.17) is 4.74 Å².